The number of aromatic nitrogens is 1. The Bertz CT molecular complexity index is 3550. The minimum Gasteiger partial charge on any atom is -0.355 e. The van der Waals surface area contributed by atoms with Crippen LogP contribution in [0.25, 0.3) is 72.0 Å². The van der Waals surface area contributed by atoms with Crippen LogP contribution in [-0.2, 0) is 21.7 Å². The molecule has 1 N–H and O–H groups in total. The van der Waals surface area contributed by atoms with Gasteiger partial charge in [-0.1, -0.05) is 171 Å². The fraction of sp³-hybridized carbons (Fsp3) is 0.213. The van der Waals surface area contributed by atoms with E-state index >= 15 is 0 Å². The maximum Gasteiger partial charge on any atom is 0.197 e. The maximum atomic E-state index is 4.00. The predicted octanol–water partition coefficient (Wildman–Crippen LogP) is 14.4. The standard InChI is InChI=1S/C61H52BN2/c1-58(2,3)34-22-24-35(25-23-34)63-53-32-50-41(36-16-10-13-19-46(36)60(50,6)7)28-44(53)39-26-27-40-45-29-42-37-17-11-14-20-47(37)61(8,9)51(42)33-54(45)64-55-30-43-38-18-12-15-21-48(38)59(4,5)49(43)31-52(55)62-56(39)57(40)64/h10-33,63H,1-9H3. The van der Waals surface area contributed by atoms with Crippen molar-refractivity contribution in [1.82, 2.24) is 4.57 Å². The zero-order valence-corrected chi connectivity index (χ0v) is 38.4. The van der Waals surface area contributed by atoms with Crippen molar-refractivity contribution in [2.45, 2.75) is 84.0 Å². The van der Waals surface area contributed by atoms with Gasteiger partial charge in [-0.05, 0) is 131 Å². The molecule has 0 unspecified atom stereocenters. The van der Waals surface area contributed by atoms with Gasteiger partial charge in [0.05, 0.1) is 5.52 Å². The molecule has 0 bridgehead atoms. The summed E-state index contributed by atoms with van der Waals surface area (Å²) in [5.74, 6) is 0. The van der Waals surface area contributed by atoms with E-state index in [1.54, 1.807) is 0 Å². The second-order valence-corrected chi connectivity index (χ2v) is 21.7. The molecule has 0 amide bonds. The highest BCUT2D eigenvalue weighted by Gasteiger charge is 2.41. The van der Waals surface area contributed by atoms with Crippen LogP contribution < -0.4 is 16.2 Å². The summed E-state index contributed by atoms with van der Waals surface area (Å²) in [6.45, 7) is 21.2. The molecule has 8 aromatic carbocycles. The van der Waals surface area contributed by atoms with Gasteiger partial charge in [0.2, 0.25) is 0 Å². The van der Waals surface area contributed by atoms with Crippen molar-refractivity contribution < 1.29 is 0 Å². The van der Waals surface area contributed by atoms with E-state index in [0.29, 0.717) is 0 Å². The third-order valence-corrected chi connectivity index (χ3v) is 16.0. The molecule has 0 saturated carbocycles. The summed E-state index contributed by atoms with van der Waals surface area (Å²) in [4.78, 5) is 0. The second kappa shape index (κ2) is 12.4. The van der Waals surface area contributed by atoms with E-state index in [0.717, 1.165) is 11.4 Å². The first kappa shape index (κ1) is 37.9. The molecule has 2 nitrogen and oxygen atoms in total. The molecule has 13 rings (SSSR count). The van der Waals surface area contributed by atoms with Crippen LogP contribution in [0.2, 0.25) is 0 Å². The molecule has 4 aliphatic rings. The molecule has 64 heavy (non-hydrogen) atoms. The Hall–Kier alpha value is -6.58. The first-order valence-electron chi connectivity index (χ1n) is 23.2. The van der Waals surface area contributed by atoms with Crippen molar-refractivity contribution in [3.8, 4) is 50.2 Å². The summed E-state index contributed by atoms with van der Waals surface area (Å²) >= 11 is 0. The SMILES string of the molecule is CC(C)(C)c1ccc(Nc2cc3c(cc2-c2ccc4c5cc6c(cc5n5c4c2[B]c2cc4c(cc2-5)-c2ccccc2C4(C)C)C(C)(C)c2ccccc2-6)-c2ccccc2C3(C)C)cc1. The van der Waals surface area contributed by atoms with Gasteiger partial charge in [-0.25, -0.2) is 0 Å². The average Bonchev–Trinajstić information content (AvgIpc) is 3.89. The number of anilines is 2. The molecule has 9 aromatic rings. The molecule has 309 valence electrons. The normalized spacial score (nSPS) is 16.1. The Morgan fingerprint density at radius 2 is 0.984 bits per heavy atom. The summed E-state index contributed by atoms with van der Waals surface area (Å²) in [6, 6.07) is 56.1. The number of rotatable bonds is 3. The molecule has 1 aromatic heterocycles. The number of hydrogen-bond acceptors (Lipinski definition) is 1. The van der Waals surface area contributed by atoms with Crippen LogP contribution in [-0.4, -0.2) is 11.8 Å². The summed E-state index contributed by atoms with van der Waals surface area (Å²) in [7, 11) is 2.52. The van der Waals surface area contributed by atoms with Crippen LogP contribution in [0.5, 0.6) is 0 Å². The summed E-state index contributed by atoms with van der Waals surface area (Å²) in [5, 5.41) is 6.60. The number of benzene rings is 8. The molecule has 2 heterocycles. The zero-order valence-electron chi connectivity index (χ0n) is 38.4. The Balaban J connectivity index is 1.11. The van der Waals surface area contributed by atoms with Crippen LogP contribution in [0.3, 0.4) is 0 Å². The van der Waals surface area contributed by atoms with E-state index in [-0.39, 0.29) is 21.7 Å². The van der Waals surface area contributed by atoms with Crippen molar-refractivity contribution in [1.29, 1.82) is 0 Å². The van der Waals surface area contributed by atoms with Crippen molar-refractivity contribution in [3.05, 3.63) is 185 Å². The molecule has 0 saturated heterocycles. The highest BCUT2D eigenvalue weighted by Crippen LogP contribution is 2.55. The molecule has 1 radical (unpaired) electrons. The molecule has 0 fully saturated rings. The third-order valence-electron chi connectivity index (χ3n) is 16.0. The lowest BCUT2D eigenvalue weighted by molar-refractivity contribution is 0.590. The molecular weight excluding hydrogens is 771 g/mol. The van der Waals surface area contributed by atoms with Gasteiger partial charge in [0.25, 0.3) is 0 Å². The molecule has 0 atom stereocenters. The summed E-state index contributed by atoms with van der Waals surface area (Å²) < 4.78 is 2.64. The monoisotopic (exact) mass is 823 g/mol. The number of nitrogens with zero attached hydrogens (tertiary/aromatic N) is 1. The van der Waals surface area contributed by atoms with Crippen molar-refractivity contribution in [3.63, 3.8) is 0 Å². The second-order valence-electron chi connectivity index (χ2n) is 21.7. The smallest absolute Gasteiger partial charge is 0.197 e. The van der Waals surface area contributed by atoms with Crippen LogP contribution >= 0.6 is 0 Å². The number of fused-ring (bicyclic) bond motifs is 14. The Morgan fingerprint density at radius 1 is 0.453 bits per heavy atom. The van der Waals surface area contributed by atoms with Gasteiger partial charge in [0.1, 0.15) is 0 Å². The molecule has 3 aliphatic carbocycles. The Kier molecular flexibility index (Phi) is 7.33. The lowest BCUT2D eigenvalue weighted by Gasteiger charge is -2.28. The van der Waals surface area contributed by atoms with Gasteiger partial charge in [-0.2, -0.15) is 0 Å². The lowest BCUT2D eigenvalue weighted by Crippen LogP contribution is -2.38. The van der Waals surface area contributed by atoms with Crippen molar-refractivity contribution in [2.24, 2.45) is 0 Å². The first-order valence-corrected chi connectivity index (χ1v) is 23.2. The van der Waals surface area contributed by atoms with Gasteiger partial charge < -0.3 is 9.88 Å². The van der Waals surface area contributed by atoms with Crippen LogP contribution in [0.1, 0.15) is 101 Å². The topological polar surface area (TPSA) is 17.0 Å². The number of hydrogen-bond donors (Lipinski definition) is 1. The fourth-order valence-corrected chi connectivity index (χ4v) is 12.5. The predicted molar refractivity (Wildman–Crippen MR) is 272 cm³/mol. The van der Waals surface area contributed by atoms with Gasteiger partial charge in [-0.3, -0.25) is 0 Å². The highest BCUT2D eigenvalue weighted by atomic mass is 15.0. The van der Waals surface area contributed by atoms with Crippen LogP contribution in [0.15, 0.2) is 146 Å². The summed E-state index contributed by atoms with van der Waals surface area (Å²) in [6.07, 6.45) is 0. The minimum absolute atomic E-state index is 0.0765. The zero-order chi connectivity index (χ0) is 43.8. The molecule has 0 spiro atoms. The van der Waals surface area contributed by atoms with E-state index < -0.39 is 0 Å². The van der Waals surface area contributed by atoms with E-state index in [9.17, 15) is 0 Å². The molecule has 1 aliphatic heterocycles. The van der Waals surface area contributed by atoms with Crippen LogP contribution in [0.4, 0.5) is 11.4 Å². The summed E-state index contributed by atoms with van der Waals surface area (Å²) in [5.41, 5.74) is 28.5. The largest absolute Gasteiger partial charge is 0.355 e. The van der Waals surface area contributed by atoms with E-state index in [1.165, 1.54) is 122 Å². The van der Waals surface area contributed by atoms with E-state index in [4.69, 9.17) is 0 Å². The number of nitrogens with one attached hydrogen (secondary N) is 1. The first-order chi connectivity index (χ1) is 30.6. The van der Waals surface area contributed by atoms with Crippen molar-refractivity contribution in [2.75, 3.05) is 5.32 Å². The van der Waals surface area contributed by atoms with Gasteiger partial charge >= 0.3 is 0 Å². The fourth-order valence-electron chi connectivity index (χ4n) is 12.5. The van der Waals surface area contributed by atoms with Crippen LogP contribution in [0, 0.1) is 0 Å². The highest BCUT2D eigenvalue weighted by molar-refractivity contribution is 6.73. The van der Waals surface area contributed by atoms with Crippen molar-refractivity contribution >= 4 is 51.4 Å². The van der Waals surface area contributed by atoms with Gasteiger partial charge in [0, 0.05) is 55.2 Å². The Morgan fingerprint density at radius 3 is 1.58 bits per heavy atom. The van der Waals surface area contributed by atoms with E-state index in [1.807, 2.05) is 0 Å². The van der Waals surface area contributed by atoms with Gasteiger partial charge in [0.15, 0.2) is 7.28 Å². The molecule has 3 heteroatoms. The third kappa shape index (κ3) is 4.88. The van der Waals surface area contributed by atoms with Gasteiger partial charge in [-0.15, -0.1) is 0 Å². The Labute approximate surface area is 378 Å². The minimum atomic E-state index is -0.135. The molecular formula is C61H52BN2. The quantitative estimate of drug-likeness (QED) is 0.176. The van der Waals surface area contributed by atoms with E-state index in [2.05, 4.69) is 225 Å². The average molecular weight is 824 g/mol. The lowest BCUT2D eigenvalue weighted by atomic mass is 9.58. The maximum absolute atomic E-state index is 4.00.